The summed E-state index contributed by atoms with van der Waals surface area (Å²) in [6.07, 6.45) is 4.25. The molecule has 9 atom stereocenters. The highest BCUT2D eigenvalue weighted by molar-refractivity contribution is 6.04. The van der Waals surface area contributed by atoms with Gasteiger partial charge in [-0.2, -0.15) is 0 Å². The van der Waals surface area contributed by atoms with Crippen LogP contribution < -0.4 is 4.74 Å². The quantitative estimate of drug-likeness (QED) is 0.245. The average molecular weight is 630 g/mol. The normalized spacial score (nSPS) is 37.9. The van der Waals surface area contributed by atoms with Gasteiger partial charge in [-0.1, -0.05) is 62.4 Å². The monoisotopic (exact) mass is 629 g/mol. The molecule has 0 radical (unpaired) electrons. The van der Waals surface area contributed by atoms with Crippen molar-refractivity contribution in [3.8, 4) is 11.5 Å². The van der Waals surface area contributed by atoms with Gasteiger partial charge in [-0.25, -0.2) is 0 Å². The Balaban J connectivity index is 1.26. The lowest BCUT2D eigenvalue weighted by molar-refractivity contribution is -0.421. The van der Waals surface area contributed by atoms with Gasteiger partial charge >= 0.3 is 5.97 Å². The number of esters is 1. The molecule has 46 heavy (non-hydrogen) atoms. The van der Waals surface area contributed by atoms with Crippen molar-refractivity contribution in [3.63, 3.8) is 0 Å². The number of rotatable bonds is 8. The summed E-state index contributed by atoms with van der Waals surface area (Å²) in [5.74, 6) is -3.45. The van der Waals surface area contributed by atoms with Gasteiger partial charge in [0.15, 0.2) is 17.3 Å². The molecule has 2 aromatic carbocycles. The number of ketones is 1. The molecule has 2 saturated heterocycles. The minimum Gasteiger partial charge on any atom is -0.504 e. The SMILES string of the molecule is [CH2-]C(C)[C@]12C[C@@H](C)[C@@]34O[C@](Cc5ccccc5)(O[C@@H]1[C@@H]3C=C(COC(=O)Cc1ccc(O)c(OC)c1)C[C@]1(O)C(=O)C(C)=C[C@@H]41)O2. The molecule has 1 unspecified atom stereocenters. The summed E-state index contributed by atoms with van der Waals surface area (Å²) >= 11 is 0. The highest BCUT2D eigenvalue weighted by atomic mass is 16.9. The fraction of sp³-hybridized carbons (Fsp3) is 0.486. The topological polar surface area (TPSA) is 121 Å². The van der Waals surface area contributed by atoms with E-state index in [0.717, 1.165) is 5.56 Å². The van der Waals surface area contributed by atoms with Crippen LogP contribution in [0.25, 0.3) is 0 Å². The minimum atomic E-state index is -1.80. The van der Waals surface area contributed by atoms with E-state index in [1.807, 2.05) is 49.4 Å². The molecular weight excluding hydrogens is 588 g/mol. The molecule has 244 valence electrons. The summed E-state index contributed by atoms with van der Waals surface area (Å²) in [5, 5.41) is 22.3. The number of fused-ring (bicyclic) bond motifs is 2. The van der Waals surface area contributed by atoms with Crippen LogP contribution in [-0.2, 0) is 41.4 Å². The van der Waals surface area contributed by atoms with Gasteiger partial charge in [0, 0.05) is 18.3 Å². The zero-order valence-electron chi connectivity index (χ0n) is 26.7. The second-order valence-corrected chi connectivity index (χ2v) is 13.9. The summed E-state index contributed by atoms with van der Waals surface area (Å²) in [4.78, 5) is 26.8. The number of hydrogen-bond donors (Lipinski definition) is 2. The van der Waals surface area contributed by atoms with E-state index in [0.29, 0.717) is 29.6 Å². The Morgan fingerprint density at radius 3 is 2.61 bits per heavy atom. The molecule has 2 N–H and O–H groups in total. The number of carbonyl (C=O) groups excluding carboxylic acids is 2. The number of phenols is 1. The Morgan fingerprint density at radius 1 is 1.13 bits per heavy atom. The molecule has 9 heteroatoms. The maximum Gasteiger partial charge on any atom is 0.310 e. The lowest BCUT2D eigenvalue weighted by atomic mass is 9.54. The zero-order chi connectivity index (χ0) is 32.6. The van der Waals surface area contributed by atoms with Crippen LogP contribution in [0.1, 0.15) is 44.7 Å². The minimum absolute atomic E-state index is 0.00876. The predicted molar refractivity (Wildman–Crippen MR) is 166 cm³/mol. The first-order valence-electron chi connectivity index (χ1n) is 16.0. The number of aliphatic hydroxyl groups is 1. The van der Waals surface area contributed by atoms with Crippen LogP contribution in [0.5, 0.6) is 11.5 Å². The fourth-order valence-corrected chi connectivity index (χ4v) is 8.84. The maximum atomic E-state index is 13.8. The van der Waals surface area contributed by atoms with E-state index in [1.165, 1.54) is 13.2 Å². The largest absolute Gasteiger partial charge is 0.504 e. The molecule has 2 heterocycles. The molecule has 2 aliphatic heterocycles. The maximum absolute atomic E-state index is 13.8. The lowest BCUT2D eigenvalue weighted by Gasteiger charge is -2.60. The molecule has 0 spiro atoms. The number of methoxy groups -OCH3 is 1. The number of aromatic hydroxyl groups is 1. The van der Waals surface area contributed by atoms with Crippen LogP contribution in [0.3, 0.4) is 0 Å². The van der Waals surface area contributed by atoms with E-state index in [4.69, 9.17) is 23.7 Å². The van der Waals surface area contributed by atoms with Crippen molar-refractivity contribution in [1.29, 1.82) is 0 Å². The van der Waals surface area contributed by atoms with E-state index in [1.54, 1.807) is 19.1 Å². The van der Waals surface area contributed by atoms with E-state index >= 15 is 0 Å². The molecule has 9 nitrogen and oxygen atoms in total. The Labute approximate surface area is 269 Å². The van der Waals surface area contributed by atoms with E-state index in [9.17, 15) is 19.8 Å². The molecule has 5 aliphatic rings. The van der Waals surface area contributed by atoms with Crippen molar-refractivity contribution in [1.82, 2.24) is 0 Å². The molecule has 3 aliphatic carbocycles. The number of Topliss-reactive ketones (excluding diaryl/α,β-unsaturated/α-hetero) is 1. The number of carbonyl (C=O) groups is 2. The summed E-state index contributed by atoms with van der Waals surface area (Å²) in [6.45, 7) is 10.2. The van der Waals surface area contributed by atoms with Crippen molar-refractivity contribution in [2.75, 3.05) is 13.7 Å². The van der Waals surface area contributed by atoms with Gasteiger partial charge in [0.25, 0.3) is 5.97 Å². The second kappa shape index (κ2) is 10.8. The lowest BCUT2D eigenvalue weighted by Crippen LogP contribution is -2.71. The number of hydrogen-bond acceptors (Lipinski definition) is 9. The third kappa shape index (κ3) is 4.50. The molecular formula is C37H41O9-. The number of benzene rings is 2. The third-order valence-corrected chi connectivity index (χ3v) is 10.9. The van der Waals surface area contributed by atoms with E-state index in [2.05, 4.69) is 13.8 Å². The van der Waals surface area contributed by atoms with Gasteiger partial charge in [0.05, 0.1) is 37.3 Å². The van der Waals surface area contributed by atoms with Crippen LogP contribution >= 0.6 is 0 Å². The highest BCUT2D eigenvalue weighted by Crippen LogP contribution is 2.68. The molecule has 0 amide bonds. The van der Waals surface area contributed by atoms with Crippen LogP contribution in [0, 0.1) is 30.6 Å². The first-order valence-corrected chi connectivity index (χ1v) is 16.0. The van der Waals surface area contributed by atoms with Crippen LogP contribution in [0.2, 0.25) is 0 Å². The Morgan fingerprint density at radius 2 is 1.89 bits per heavy atom. The molecule has 3 fully saturated rings. The summed E-state index contributed by atoms with van der Waals surface area (Å²) in [7, 11) is 1.44. The first kappa shape index (κ1) is 31.1. The Hall–Kier alpha value is -3.50. The van der Waals surface area contributed by atoms with Crippen molar-refractivity contribution in [2.24, 2.45) is 23.7 Å². The van der Waals surface area contributed by atoms with E-state index in [-0.39, 0.29) is 48.6 Å². The molecule has 2 aromatic rings. The van der Waals surface area contributed by atoms with Crippen molar-refractivity contribution in [3.05, 3.63) is 89.9 Å². The highest BCUT2D eigenvalue weighted by Gasteiger charge is 2.78. The zero-order valence-corrected chi connectivity index (χ0v) is 26.7. The summed E-state index contributed by atoms with van der Waals surface area (Å²) in [6, 6.07) is 14.5. The van der Waals surface area contributed by atoms with E-state index < -0.39 is 46.7 Å². The van der Waals surface area contributed by atoms with Crippen molar-refractivity contribution in [2.45, 2.75) is 75.3 Å². The van der Waals surface area contributed by atoms with Gasteiger partial charge in [-0.15, -0.1) is 5.92 Å². The Kier molecular flexibility index (Phi) is 7.29. The molecule has 0 aromatic heterocycles. The average Bonchev–Trinajstić information content (AvgIpc) is 3.32. The smallest absolute Gasteiger partial charge is 0.310 e. The van der Waals surface area contributed by atoms with Crippen molar-refractivity contribution >= 4 is 11.8 Å². The van der Waals surface area contributed by atoms with Gasteiger partial charge in [-0.05, 0) is 53.7 Å². The summed E-state index contributed by atoms with van der Waals surface area (Å²) < 4.78 is 31.8. The summed E-state index contributed by atoms with van der Waals surface area (Å²) in [5.41, 5.74) is -0.929. The van der Waals surface area contributed by atoms with Crippen molar-refractivity contribution < 1.29 is 43.5 Å². The third-order valence-electron chi connectivity index (χ3n) is 10.9. The Bertz CT molecular complexity index is 1630. The van der Waals surface area contributed by atoms with Gasteiger partial charge < -0.3 is 40.8 Å². The van der Waals surface area contributed by atoms with Crippen LogP contribution in [-0.4, -0.2) is 64.6 Å². The molecule has 1 saturated carbocycles. The fourth-order valence-electron chi connectivity index (χ4n) is 8.84. The first-order chi connectivity index (χ1) is 21.9. The van der Waals surface area contributed by atoms with Gasteiger partial charge in [0.1, 0.15) is 12.2 Å². The van der Waals surface area contributed by atoms with Crippen LogP contribution in [0.15, 0.2) is 71.8 Å². The molecule has 3 bridgehead atoms. The molecule has 7 rings (SSSR count). The number of ether oxygens (including phenoxy) is 5. The predicted octanol–water partition coefficient (Wildman–Crippen LogP) is 4.64. The number of phenolic OH excluding ortho intramolecular Hbond substituents is 1. The van der Waals surface area contributed by atoms with Crippen LogP contribution in [0.4, 0.5) is 0 Å². The second-order valence-electron chi connectivity index (χ2n) is 13.9. The van der Waals surface area contributed by atoms with Gasteiger partial charge in [0.2, 0.25) is 0 Å². The van der Waals surface area contributed by atoms with Gasteiger partial charge in [-0.3, -0.25) is 9.59 Å². The standard InChI is InChI=1S/C37H41O9/c1-21(2)35-17-23(4)37-27(33(35)44-36(45-35,46-37)19-24-9-7-6-8-10-24)14-26(18-34(41)30(37)13-22(3)32(34)40)20-43-31(39)16-25-11-12-28(38)29(15-25)42-5/h6-15,21,23,27,30,33,38,41H,1,16-20H2,2-5H3/q-1/t21?,23-,27+,30-,33-,34-,35-,36-,37-/m1/s1.